The lowest BCUT2D eigenvalue weighted by Gasteiger charge is -2.36. The number of rotatable bonds is 6. The zero-order valence-corrected chi connectivity index (χ0v) is 17.2. The van der Waals surface area contributed by atoms with Gasteiger partial charge in [-0.05, 0) is 29.3 Å². The zero-order valence-electron chi connectivity index (χ0n) is 17.2. The van der Waals surface area contributed by atoms with Gasteiger partial charge in [0.1, 0.15) is 6.10 Å². The summed E-state index contributed by atoms with van der Waals surface area (Å²) in [4.78, 5) is 28.1. The number of carbonyl (C=O) groups excluding carboxylic acids is 2. The lowest BCUT2D eigenvalue weighted by molar-refractivity contribution is -0.138. The van der Waals surface area contributed by atoms with Crippen LogP contribution in [0.3, 0.4) is 0 Å². The fourth-order valence-electron chi connectivity index (χ4n) is 3.91. The van der Waals surface area contributed by atoms with Gasteiger partial charge in [0.2, 0.25) is 5.91 Å². The van der Waals surface area contributed by atoms with E-state index in [9.17, 15) is 9.59 Å². The van der Waals surface area contributed by atoms with Crippen LogP contribution in [0.15, 0.2) is 60.7 Å². The summed E-state index contributed by atoms with van der Waals surface area (Å²) in [6, 6.07) is 18.7. The van der Waals surface area contributed by atoms with E-state index in [1.54, 1.807) is 6.08 Å². The monoisotopic (exact) mass is 405 g/mol. The predicted molar refractivity (Wildman–Crippen MR) is 117 cm³/mol. The van der Waals surface area contributed by atoms with Crippen LogP contribution in [-0.4, -0.2) is 55.6 Å². The van der Waals surface area contributed by atoms with E-state index in [1.807, 2.05) is 12.1 Å². The maximum absolute atomic E-state index is 12.2. The Labute approximate surface area is 177 Å². The van der Waals surface area contributed by atoms with Gasteiger partial charge in [0, 0.05) is 45.3 Å². The molecule has 6 nitrogen and oxygen atoms in total. The van der Waals surface area contributed by atoms with Crippen molar-refractivity contribution in [3.05, 3.63) is 71.8 Å². The zero-order chi connectivity index (χ0) is 20.9. The van der Waals surface area contributed by atoms with Crippen molar-refractivity contribution >= 4 is 23.1 Å². The average molecular weight is 405 g/mol. The van der Waals surface area contributed by atoms with Crippen LogP contribution in [0, 0.1) is 0 Å². The number of cyclic esters (lactones) is 1. The van der Waals surface area contributed by atoms with Crippen LogP contribution in [0.4, 0.5) is 5.69 Å². The molecule has 0 aromatic heterocycles. The number of anilines is 1. The Bertz CT molecular complexity index is 916. The van der Waals surface area contributed by atoms with Crippen molar-refractivity contribution in [3.63, 3.8) is 0 Å². The van der Waals surface area contributed by atoms with E-state index < -0.39 is 6.10 Å². The van der Waals surface area contributed by atoms with Crippen LogP contribution in [0.1, 0.15) is 18.1 Å². The molecule has 0 saturated carbocycles. The third-order valence-corrected chi connectivity index (χ3v) is 5.55. The second-order valence-electron chi connectivity index (χ2n) is 7.76. The highest BCUT2D eigenvalue weighted by atomic mass is 16.5. The largest absolute Gasteiger partial charge is 0.453 e. The molecule has 0 unspecified atom stereocenters. The normalized spacial score (nSPS) is 19.4. The Balaban J connectivity index is 1.33. The van der Waals surface area contributed by atoms with E-state index in [-0.39, 0.29) is 11.9 Å². The Morgan fingerprint density at radius 2 is 1.73 bits per heavy atom. The number of nitrogens with one attached hydrogen (secondary N) is 1. The van der Waals surface area contributed by atoms with Crippen molar-refractivity contribution in [1.29, 1.82) is 0 Å². The lowest BCUT2D eigenvalue weighted by Crippen LogP contribution is -2.45. The topological polar surface area (TPSA) is 61.9 Å². The molecule has 0 radical (unpaired) electrons. The fourth-order valence-corrected chi connectivity index (χ4v) is 3.91. The van der Waals surface area contributed by atoms with E-state index in [4.69, 9.17) is 4.74 Å². The van der Waals surface area contributed by atoms with Crippen LogP contribution in [0.5, 0.6) is 0 Å². The minimum Gasteiger partial charge on any atom is -0.453 e. The third kappa shape index (κ3) is 4.89. The molecule has 2 aliphatic heterocycles. The maximum Gasteiger partial charge on any atom is 0.339 e. The molecule has 6 heteroatoms. The maximum atomic E-state index is 12.2. The molecule has 1 saturated heterocycles. The second-order valence-corrected chi connectivity index (χ2v) is 7.76. The molecular formula is C24H27N3O3. The Morgan fingerprint density at radius 3 is 2.40 bits per heavy atom. The number of hydrogen-bond acceptors (Lipinski definition) is 5. The van der Waals surface area contributed by atoms with Crippen molar-refractivity contribution in [2.45, 2.75) is 19.6 Å². The van der Waals surface area contributed by atoms with E-state index >= 15 is 0 Å². The molecule has 2 aromatic carbocycles. The summed E-state index contributed by atoms with van der Waals surface area (Å²) in [5.74, 6) is -0.478. The van der Waals surface area contributed by atoms with E-state index in [2.05, 4.69) is 57.6 Å². The molecule has 2 aliphatic rings. The SMILES string of the molecule is CC(=O)NC[C@H]1C=C(c2ccc(N3CCN(Cc4ccccc4)CC3)cc2)C(=O)O1. The van der Waals surface area contributed by atoms with Crippen LogP contribution < -0.4 is 10.2 Å². The Hall–Kier alpha value is -3.12. The highest BCUT2D eigenvalue weighted by Crippen LogP contribution is 2.26. The summed E-state index contributed by atoms with van der Waals surface area (Å²) in [5.41, 5.74) is 3.92. The van der Waals surface area contributed by atoms with Crippen molar-refractivity contribution in [2.75, 3.05) is 37.6 Å². The second kappa shape index (κ2) is 9.13. The fraction of sp³-hybridized carbons (Fsp3) is 0.333. The summed E-state index contributed by atoms with van der Waals surface area (Å²) in [6.45, 7) is 6.75. The average Bonchev–Trinajstić information content (AvgIpc) is 3.14. The van der Waals surface area contributed by atoms with Crippen molar-refractivity contribution < 1.29 is 14.3 Å². The minimum absolute atomic E-state index is 0.138. The van der Waals surface area contributed by atoms with Crippen LogP contribution in [0.25, 0.3) is 5.57 Å². The van der Waals surface area contributed by atoms with E-state index in [0.29, 0.717) is 12.1 Å². The first-order valence-corrected chi connectivity index (χ1v) is 10.4. The van der Waals surface area contributed by atoms with Gasteiger partial charge >= 0.3 is 5.97 Å². The minimum atomic E-state index is -0.409. The van der Waals surface area contributed by atoms with Crippen LogP contribution in [0.2, 0.25) is 0 Å². The summed E-state index contributed by atoms with van der Waals surface area (Å²) in [5, 5.41) is 2.68. The molecule has 2 aromatic rings. The summed E-state index contributed by atoms with van der Waals surface area (Å²) in [6.07, 6.45) is 1.38. The van der Waals surface area contributed by atoms with Gasteiger partial charge in [-0.1, -0.05) is 42.5 Å². The summed E-state index contributed by atoms with van der Waals surface area (Å²) in [7, 11) is 0. The first-order valence-electron chi connectivity index (χ1n) is 10.4. The molecule has 0 spiro atoms. The molecule has 0 aliphatic carbocycles. The van der Waals surface area contributed by atoms with E-state index in [0.717, 1.165) is 38.3 Å². The van der Waals surface area contributed by atoms with Gasteiger partial charge in [0.25, 0.3) is 0 Å². The standard InChI is InChI=1S/C24H27N3O3/c1-18(28)25-16-22-15-23(24(29)30-22)20-7-9-21(10-8-20)27-13-11-26(12-14-27)17-19-5-3-2-4-6-19/h2-10,15,22H,11-14,16-17H2,1H3,(H,25,28)/t22-/m1/s1. The van der Waals surface area contributed by atoms with Crippen LogP contribution >= 0.6 is 0 Å². The molecule has 1 amide bonds. The third-order valence-electron chi connectivity index (χ3n) is 5.55. The number of esters is 1. The first-order chi connectivity index (χ1) is 14.6. The van der Waals surface area contributed by atoms with Gasteiger partial charge in [-0.15, -0.1) is 0 Å². The van der Waals surface area contributed by atoms with Gasteiger partial charge in [-0.2, -0.15) is 0 Å². The summed E-state index contributed by atoms with van der Waals surface area (Å²) < 4.78 is 5.32. The van der Waals surface area contributed by atoms with E-state index in [1.165, 1.54) is 18.2 Å². The Kier molecular flexibility index (Phi) is 6.14. The predicted octanol–water partition coefficient (Wildman–Crippen LogP) is 2.45. The van der Waals surface area contributed by atoms with Crippen molar-refractivity contribution in [3.8, 4) is 0 Å². The van der Waals surface area contributed by atoms with Crippen LogP contribution in [-0.2, 0) is 20.9 Å². The number of piperazine rings is 1. The van der Waals surface area contributed by atoms with Gasteiger partial charge in [-0.25, -0.2) is 4.79 Å². The number of amides is 1. The molecule has 30 heavy (non-hydrogen) atoms. The van der Waals surface area contributed by atoms with Gasteiger partial charge in [0.05, 0.1) is 12.1 Å². The number of ether oxygens (including phenoxy) is 1. The van der Waals surface area contributed by atoms with Crippen molar-refractivity contribution in [2.24, 2.45) is 0 Å². The van der Waals surface area contributed by atoms with Gasteiger partial charge in [-0.3, -0.25) is 9.69 Å². The van der Waals surface area contributed by atoms with Gasteiger partial charge < -0.3 is 15.0 Å². The number of hydrogen-bond donors (Lipinski definition) is 1. The molecule has 4 rings (SSSR count). The smallest absolute Gasteiger partial charge is 0.339 e. The lowest BCUT2D eigenvalue weighted by atomic mass is 10.0. The molecule has 2 heterocycles. The molecule has 156 valence electrons. The highest BCUT2D eigenvalue weighted by Gasteiger charge is 2.27. The molecule has 1 N–H and O–H groups in total. The Morgan fingerprint density at radius 1 is 1.03 bits per heavy atom. The highest BCUT2D eigenvalue weighted by molar-refractivity contribution is 6.18. The molecular weight excluding hydrogens is 378 g/mol. The summed E-state index contributed by atoms with van der Waals surface area (Å²) >= 11 is 0. The van der Waals surface area contributed by atoms with Gasteiger partial charge in [0.15, 0.2) is 0 Å². The first kappa shape index (κ1) is 20.2. The number of benzene rings is 2. The molecule has 0 bridgehead atoms. The van der Waals surface area contributed by atoms with Crippen molar-refractivity contribution in [1.82, 2.24) is 10.2 Å². The molecule has 1 fully saturated rings. The number of nitrogens with zero attached hydrogens (tertiary/aromatic N) is 2. The number of carbonyl (C=O) groups is 2. The molecule has 1 atom stereocenters. The quantitative estimate of drug-likeness (QED) is 0.748.